The van der Waals surface area contributed by atoms with E-state index in [4.69, 9.17) is 4.74 Å². The quantitative estimate of drug-likeness (QED) is 0.349. The first-order chi connectivity index (χ1) is 16.0. The van der Waals surface area contributed by atoms with Crippen LogP contribution in [0.4, 0.5) is 4.39 Å². The Kier molecular flexibility index (Phi) is 6.70. The van der Waals surface area contributed by atoms with Gasteiger partial charge in [-0.25, -0.2) is 4.98 Å². The Morgan fingerprint density at radius 2 is 2.03 bits per heavy atom. The van der Waals surface area contributed by atoms with Gasteiger partial charge in [-0.2, -0.15) is 4.39 Å². The van der Waals surface area contributed by atoms with Crippen molar-refractivity contribution in [2.75, 3.05) is 13.2 Å². The van der Waals surface area contributed by atoms with Crippen LogP contribution in [-0.2, 0) is 6.42 Å². The van der Waals surface area contributed by atoms with Gasteiger partial charge in [0.15, 0.2) is 0 Å². The van der Waals surface area contributed by atoms with Crippen LogP contribution in [0.2, 0.25) is 0 Å². The van der Waals surface area contributed by atoms with Gasteiger partial charge in [0, 0.05) is 34.4 Å². The van der Waals surface area contributed by atoms with Gasteiger partial charge in [0.1, 0.15) is 5.75 Å². The first kappa shape index (κ1) is 22.5. The number of halogens is 1. The maximum absolute atomic E-state index is 13.6. The summed E-state index contributed by atoms with van der Waals surface area (Å²) in [6.45, 7) is 3.67. The number of benzene rings is 2. The maximum Gasteiger partial charge on any atom is 0.255 e. The van der Waals surface area contributed by atoms with Crippen molar-refractivity contribution in [3.05, 3.63) is 83.6 Å². The molecule has 33 heavy (non-hydrogen) atoms. The monoisotopic (exact) mass is 447 g/mol. The zero-order valence-corrected chi connectivity index (χ0v) is 18.6. The SMILES string of the molecule is CCOc1ccc(-c2cnc(F)c(C)c2)cc1C(=O)N[C@@H](CO)Cc1c[nH]c2ccccc12. The fraction of sp³-hybridized carbons (Fsp3) is 0.231. The molecule has 7 heteroatoms. The standard InChI is InChI=1S/C26H26FN3O3/c1-3-33-24-9-8-17(18-10-16(2)25(27)29-13-18)12-22(24)26(32)30-20(15-31)11-19-14-28-23-7-5-4-6-21(19)23/h4-10,12-14,20,28,31H,3,11,15H2,1-2H3,(H,30,32)/t20-/m1/s1. The highest BCUT2D eigenvalue weighted by atomic mass is 19.1. The minimum atomic E-state index is -0.522. The van der Waals surface area contributed by atoms with Crippen LogP contribution in [0.1, 0.15) is 28.4 Å². The predicted octanol–water partition coefficient (Wildman–Crippen LogP) is 4.41. The van der Waals surface area contributed by atoms with Gasteiger partial charge in [-0.1, -0.05) is 24.3 Å². The first-order valence-corrected chi connectivity index (χ1v) is 10.9. The molecule has 0 radical (unpaired) electrons. The fourth-order valence-corrected chi connectivity index (χ4v) is 3.87. The second-order valence-corrected chi connectivity index (χ2v) is 7.89. The van der Waals surface area contributed by atoms with Crippen LogP contribution in [0, 0.1) is 12.9 Å². The van der Waals surface area contributed by atoms with E-state index in [-0.39, 0.29) is 12.5 Å². The molecule has 0 bridgehead atoms. The number of nitrogens with zero attached hydrogens (tertiary/aromatic N) is 1. The maximum atomic E-state index is 13.6. The molecular weight excluding hydrogens is 421 g/mol. The number of nitrogens with one attached hydrogen (secondary N) is 2. The lowest BCUT2D eigenvalue weighted by atomic mass is 10.0. The molecule has 2 aromatic heterocycles. The molecule has 0 unspecified atom stereocenters. The zero-order chi connectivity index (χ0) is 23.4. The third-order valence-corrected chi connectivity index (χ3v) is 5.57. The number of hydrogen-bond acceptors (Lipinski definition) is 4. The molecule has 0 aliphatic carbocycles. The lowest BCUT2D eigenvalue weighted by molar-refractivity contribution is 0.0913. The third-order valence-electron chi connectivity index (χ3n) is 5.57. The molecule has 2 heterocycles. The molecule has 3 N–H and O–H groups in total. The number of aliphatic hydroxyl groups excluding tert-OH is 1. The van der Waals surface area contributed by atoms with Crippen LogP contribution in [-0.4, -0.2) is 40.2 Å². The average molecular weight is 448 g/mol. The van der Waals surface area contributed by atoms with Crippen molar-refractivity contribution in [3.8, 4) is 16.9 Å². The smallest absolute Gasteiger partial charge is 0.255 e. The lowest BCUT2D eigenvalue weighted by Gasteiger charge is -2.18. The normalized spacial score (nSPS) is 12.0. The molecule has 4 aromatic rings. The molecule has 2 aromatic carbocycles. The van der Waals surface area contributed by atoms with Crippen molar-refractivity contribution >= 4 is 16.8 Å². The Bertz CT molecular complexity index is 1290. The van der Waals surface area contributed by atoms with E-state index in [0.29, 0.717) is 35.5 Å². The van der Waals surface area contributed by atoms with Crippen molar-refractivity contribution in [2.24, 2.45) is 0 Å². The van der Waals surface area contributed by atoms with Crippen molar-refractivity contribution in [3.63, 3.8) is 0 Å². The van der Waals surface area contributed by atoms with Crippen LogP contribution in [0.5, 0.6) is 5.75 Å². The summed E-state index contributed by atoms with van der Waals surface area (Å²) in [4.78, 5) is 20.2. The van der Waals surface area contributed by atoms with Crippen molar-refractivity contribution in [1.82, 2.24) is 15.3 Å². The number of H-pyrrole nitrogens is 1. The molecule has 0 aliphatic heterocycles. The highest BCUT2D eigenvalue weighted by molar-refractivity contribution is 5.98. The number of aromatic nitrogens is 2. The van der Waals surface area contributed by atoms with Crippen LogP contribution < -0.4 is 10.1 Å². The van der Waals surface area contributed by atoms with E-state index in [0.717, 1.165) is 22.0 Å². The van der Waals surface area contributed by atoms with E-state index in [2.05, 4.69) is 15.3 Å². The van der Waals surface area contributed by atoms with Crippen LogP contribution in [0.25, 0.3) is 22.0 Å². The summed E-state index contributed by atoms with van der Waals surface area (Å²) in [6, 6.07) is 14.3. The molecule has 1 atom stereocenters. The summed E-state index contributed by atoms with van der Waals surface area (Å²) in [5.74, 6) is -0.439. The average Bonchev–Trinajstić information content (AvgIpc) is 3.23. The minimum absolute atomic E-state index is 0.212. The second kappa shape index (κ2) is 9.83. The number of aromatic amines is 1. The molecule has 0 spiro atoms. The second-order valence-electron chi connectivity index (χ2n) is 7.89. The molecule has 1 amide bonds. The number of fused-ring (bicyclic) bond motifs is 1. The zero-order valence-electron chi connectivity index (χ0n) is 18.6. The van der Waals surface area contributed by atoms with Crippen molar-refractivity contribution in [1.29, 1.82) is 0 Å². The molecule has 6 nitrogen and oxygen atoms in total. The summed E-state index contributed by atoms with van der Waals surface area (Å²) in [5.41, 5.74) is 4.20. The van der Waals surface area contributed by atoms with E-state index >= 15 is 0 Å². The summed E-state index contributed by atoms with van der Waals surface area (Å²) in [7, 11) is 0. The number of pyridine rings is 1. The Labute approximate surface area is 191 Å². The van der Waals surface area contributed by atoms with Crippen LogP contribution in [0.3, 0.4) is 0 Å². The Morgan fingerprint density at radius 3 is 2.79 bits per heavy atom. The number of hydrogen-bond donors (Lipinski definition) is 3. The Hall–Kier alpha value is -3.71. The largest absolute Gasteiger partial charge is 0.493 e. The van der Waals surface area contributed by atoms with Crippen LogP contribution >= 0.6 is 0 Å². The highest BCUT2D eigenvalue weighted by Gasteiger charge is 2.20. The van der Waals surface area contributed by atoms with Gasteiger partial charge in [-0.15, -0.1) is 0 Å². The van der Waals surface area contributed by atoms with Gasteiger partial charge >= 0.3 is 0 Å². The highest BCUT2D eigenvalue weighted by Crippen LogP contribution is 2.28. The Balaban J connectivity index is 1.60. The molecule has 0 saturated heterocycles. The van der Waals surface area contributed by atoms with E-state index in [1.165, 1.54) is 6.20 Å². The van der Waals surface area contributed by atoms with E-state index in [1.807, 2.05) is 43.5 Å². The van der Waals surface area contributed by atoms with Crippen molar-refractivity contribution < 1.29 is 19.0 Å². The number of ether oxygens (including phenoxy) is 1. The lowest BCUT2D eigenvalue weighted by Crippen LogP contribution is -2.39. The van der Waals surface area contributed by atoms with Gasteiger partial charge in [0.25, 0.3) is 5.91 Å². The number of aryl methyl sites for hydroxylation is 1. The molecule has 0 aliphatic rings. The van der Waals surface area contributed by atoms with E-state index in [9.17, 15) is 14.3 Å². The minimum Gasteiger partial charge on any atom is -0.493 e. The van der Waals surface area contributed by atoms with Gasteiger partial charge in [0.05, 0.1) is 24.8 Å². The topological polar surface area (TPSA) is 87.2 Å². The fourth-order valence-electron chi connectivity index (χ4n) is 3.87. The van der Waals surface area contributed by atoms with E-state index in [1.54, 1.807) is 25.1 Å². The molecule has 170 valence electrons. The number of amides is 1. The molecule has 4 rings (SSSR count). The predicted molar refractivity (Wildman–Crippen MR) is 126 cm³/mol. The Morgan fingerprint density at radius 1 is 1.21 bits per heavy atom. The summed E-state index contributed by atoms with van der Waals surface area (Å²) >= 11 is 0. The molecular formula is C26H26FN3O3. The summed E-state index contributed by atoms with van der Waals surface area (Å²) in [5, 5.41) is 13.9. The van der Waals surface area contributed by atoms with Gasteiger partial charge in [0.2, 0.25) is 5.95 Å². The number of para-hydroxylation sites is 1. The molecule has 0 fully saturated rings. The van der Waals surface area contributed by atoms with Gasteiger partial charge < -0.3 is 20.1 Å². The van der Waals surface area contributed by atoms with Gasteiger partial charge in [-0.05, 0) is 55.7 Å². The van der Waals surface area contributed by atoms with Crippen molar-refractivity contribution in [2.45, 2.75) is 26.3 Å². The van der Waals surface area contributed by atoms with E-state index < -0.39 is 12.0 Å². The summed E-state index contributed by atoms with van der Waals surface area (Å²) in [6.07, 6.45) is 3.81. The molecule has 0 saturated carbocycles. The number of carbonyl (C=O) groups excluding carboxylic acids is 1. The third kappa shape index (κ3) is 4.88. The first-order valence-electron chi connectivity index (χ1n) is 10.9. The van der Waals surface area contributed by atoms with Crippen LogP contribution in [0.15, 0.2) is 60.9 Å². The number of carbonyl (C=O) groups is 1. The summed E-state index contributed by atoms with van der Waals surface area (Å²) < 4.78 is 19.3. The van der Waals surface area contributed by atoms with Gasteiger partial charge in [-0.3, -0.25) is 4.79 Å². The number of aliphatic hydroxyl groups is 1. The number of rotatable bonds is 8.